The Bertz CT molecular complexity index is 536. The fraction of sp³-hybridized carbons (Fsp3) is 0.533. The van der Waals surface area contributed by atoms with Gasteiger partial charge >= 0.3 is 0 Å². The second-order valence-corrected chi connectivity index (χ2v) is 5.55. The molecule has 3 nitrogen and oxygen atoms in total. The summed E-state index contributed by atoms with van der Waals surface area (Å²) in [5, 5.41) is 3.71. The minimum absolute atomic E-state index is 0.453. The Hall–Kier alpha value is -1.51. The number of anilines is 1. The van der Waals surface area contributed by atoms with Crippen LogP contribution in [0.1, 0.15) is 51.1 Å². The summed E-state index contributed by atoms with van der Waals surface area (Å²) in [6.07, 6.45) is 7.39. The lowest BCUT2D eigenvalue weighted by molar-refractivity contribution is 0.740. The maximum absolute atomic E-state index is 4.75. The van der Waals surface area contributed by atoms with Crippen molar-refractivity contribution < 1.29 is 0 Å². The van der Waals surface area contributed by atoms with E-state index in [-0.39, 0.29) is 0 Å². The molecule has 0 aliphatic heterocycles. The average Bonchev–Trinajstić information content (AvgIpc) is 2.98. The van der Waals surface area contributed by atoms with Crippen LogP contribution in [0.3, 0.4) is 0 Å². The highest BCUT2D eigenvalue weighted by Crippen LogP contribution is 2.29. The molecular weight excluding hydrogens is 222 g/mol. The van der Waals surface area contributed by atoms with Crippen molar-refractivity contribution in [1.82, 2.24) is 9.38 Å². The molecule has 3 heteroatoms. The third kappa shape index (κ3) is 1.98. The van der Waals surface area contributed by atoms with Crippen LogP contribution in [-0.2, 0) is 0 Å². The molecule has 2 aromatic heterocycles. The lowest BCUT2D eigenvalue weighted by atomic mass is 10.1. The van der Waals surface area contributed by atoms with Crippen LogP contribution in [0.2, 0.25) is 0 Å². The van der Waals surface area contributed by atoms with Gasteiger partial charge in [0.15, 0.2) is 0 Å². The summed E-state index contributed by atoms with van der Waals surface area (Å²) in [5.74, 6) is 1.65. The fourth-order valence-corrected chi connectivity index (χ4v) is 2.82. The molecule has 1 aliphatic carbocycles. The molecule has 1 fully saturated rings. The number of pyridine rings is 1. The van der Waals surface area contributed by atoms with Crippen LogP contribution in [0.5, 0.6) is 0 Å². The molecule has 0 saturated heterocycles. The van der Waals surface area contributed by atoms with E-state index < -0.39 is 0 Å². The van der Waals surface area contributed by atoms with Crippen LogP contribution in [-0.4, -0.2) is 15.4 Å². The Kier molecular flexibility index (Phi) is 2.98. The molecule has 1 saturated carbocycles. The van der Waals surface area contributed by atoms with Gasteiger partial charge in [0.1, 0.15) is 11.5 Å². The van der Waals surface area contributed by atoms with Crippen molar-refractivity contribution in [2.75, 3.05) is 5.32 Å². The maximum atomic E-state index is 4.75. The maximum Gasteiger partial charge on any atom is 0.138 e. The third-order valence-corrected chi connectivity index (χ3v) is 3.80. The molecule has 1 aliphatic rings. The molecule has 2 heterocycles. The standard InChI is InChI=1S/C15H21N3/c1-11(2)14-15(16-12-7-3-4-8-12)18-10-6-5-9-13(18)17-14/h5-6,9-12,16H,3-4,7-8H2,1-2H3. The Morgan fingerprint density at radius 1 is 1.28 bits per heavy atom. The molecule has 96 valence electrons. The van der Waals surface area contributed by atoms with Gasteiger partial charge in [-0.3, -0.25) is 4.40 Å². The van der Waals surface area contributed by atoms with E-state index >= 15 is 0 Å². The smallest absolute Gasteiger partial charge is 0.138 e. The number of imidazole rings is 1. The van der Waals surface area contributed by atoms with Crippen LogP contribution in [0.25, 0.3) is 5.65 Å². The number of nitrogens with zero attached hydrogens (tertiary/aromatic N) is 2. The van der Waals surface area contributed by atoms with E-state index in [1.807, 2.05) is 6.07 Å². The zero-order chi connectivity index (χ0) is 12.5. The van der Waals surface area contributed by atoms with Crippen molar-refractivity contribution in [2.24, 2.45) is 0 Å². The van der Waals surface area contributed by atoms with Crippen molar-refractivity contribution in [3.63, 3.8) is 0 Å². The largest absolute Gasteiger partial charge is 0.367 e. The van der Waals surface area contributed by atoms with E-state index in [2.05, 4.69) is 41.9 Å². The summed E-state index contributed by atoms with van der Waals surface area (Å²) >= 11 is 0. The van der Waals surface area contributed by atoms with Gasteiger partial charge in [-0.05, 0) is 30.9 Å². The first-order valence-corrected chi connectivity index (χ1v) is 6.99. The highest BCUT2D eigenvalue weighted by atomic mass is 15.1. The fourth-order valence-electron chi connectivity index (χ4n) is 2.82. The zero-order valence-corrected chi connectivity index (χ0v) is 11.2. The van der Waals surface area contributed by atoms with Crippen molar-refractivity contribution >= 4 is 11.5 Å². The molecule has 3 rings (SSSR count). The van der Waals surface area contributed by atoms with Crippen molar-refractivity contribution in [2.45, 2.75) is 51.5 Å². The summed E-state index contributed by atoms with van der Waals surface area (Å²) in [5.41, 5.74) is 2.23. The second kappa shape index (κ2) is 4.63. The minimum atomic E-state index is 0.453. The quantitative estimate of drug-likeness (QED) is 0.888. The lowest BCUT2D eigenvalue weighted by Gasteiger charge is -2.15. The van der Waals surface area contributed by atoms with E-state index in [1.165, 1.54) is 37.2 Å². The number of nitrogens with one attached hydrogen (secondary N) is 1. The van der Waals surface area contributed by atoms with Gasteiger partial charge in [-0.15, -0.1) is 0 Å². The summed E-state index contributed by atoms with van der Waals surface area (Å²) in [4.78, 5) is 4.75. The van der Waals surface area contributed by atoms with E-state index in [0.29, 0.717) is 12.0 Å². The molecule has 2 aromatic rings. The first kappa shape index (κ1) is 11.6. The molecule has 1 N–H and O–H groups in total. The van der Waals surface area contributed by atoms with Crippen LogP contribution in [0.4, 0.5) is 5.82 Å². The summed E-state index contributed by atoms with van der Waals surface area (Å²) < 4.78 is 2.19. The zero-order valence-electron chi connectivity index (χ0n) is 11.2. The van der Waals surface area contributed by atoms with Gasteiger partial charge in [-0.2, -0.15) is 0 Å². The number of aromatic nitrogens is 2. The highest BCUT2D eigenvalue weighted by Gasteiger charge is 2.20. The topological polar surface area (TPSA) is 29.3 Å². The Balaban J connectivity index is 2.03. The SMILES string of the molecule is CC(C)c1nc2ccccn2c1NC1CCCC1. The molecule has 0 bridgehead atoms. The van der Waals surface area contributed by atoms with Gasteiger partial charge in [0.2, 0.25) is 0 Å². The average molecular weight is 243 g/mol. The Labute approximate surface area is 108 Å². The molecule has 0 atom stereocenters. The van der Waals surface area contributed by atoms with E-state index in [1.54, 1.807) is 0 Å². The number of hydrogen-bond donors (Lipinski definition) is 1. The molecule has 0 amide bonds. The van der Waals surface area contributed by atoms with Gasteiger partial charge < -0.3 is 5.32 Å². The van der Waals surface area contributed by atoms with Gasteiger partial charge in [0.05, 0.1) is 5.69 Å². The van der Waals surface area contributed by atoms with Crippen LogP contribution >= 0.6 is 0 Å². The van der Waals surface area contributed by atoms with Crippen LogP contribution < -0.4 is 5.32 Å². The van der Waals surface area contributed by atoms with Crippen LogP contribution in [0, 0.1) is 0 Å². The number of rotatable bonds is 3. The van der Waals surface area contributed by atoms with Gasteiger partial charge in [-0.25, -0.2) is 4.98 Å². The number of hydrogen-bond acceptors (Lipinski definition) is 2. The molecular formula is C15H21N3. The summed E-state index contributed by atoms with van der Waals surface area (Å²) in [7, 11) is 0. The Morgan fingerprint density at radius 3 is 2.78 bits per heavy atom. The van der Waals surface area contributed by atoms with E-state index in [4.69, 9.17) is 4.98 Å². The lowest BCUT2D eigenvalue weighted by Crippen LogP contribution is -2.17. The van der Waals surface area contributed by atoms with Crippen molar-refractivity contribution in [1.29, 1.82) is 0 Å². The van der Waals surface area contributed by atoms with Crippen LogP contribution in [0.15, 0.2) is 24.4 Å². The van der Waals surface area contributed by atoms with Gasteiger partial charge in [0.25, 0.3) is 0 Å². The normalized spacial score (nSPS) is 16.8. The predicted molar refractivity (Wildman–Crippen MR) is 75.2 cm³/mol. The van der Waals surface area contributed by atoms with Gasteiger partial charge in [-0.1, -0.05) is 32.8 Å². The third-order valence-electron chi connectivity index (χ3n) is 3.80. The number of fused-ring (bicyclic) bond motifs is 1. The molecule has 0 unspecified atom stereocenters. The monoisotopic (exact) mass is 243 g/mol. The first-order chi connectivity index (χ1) is 8.75. The first-order valence-electron chi connectivity index (χ1n) is 6.99. The Morgan fingerprint density at radius 2 is 2.06 bits per heavy atom. The second-order valence-electron chi connectivity index (χ2n) is 5.55. The molecule has 0 spiro atoms. The van der Waals surface area contributed by atoms with Crippen molar-refractivity contribution in [3.05, 3.63) is 30.1 Å². The molecule has 18 heavy (non-hydrogen) atoms. The molecule has 0 radical (unpaired) electrons. The highest BCUT2D eigenvalue weighted by molar-refractivity contribution is 5.56. The van der Waals surface area contributed by atoms with E-state index in [0.717, 1.165) is 5.65 Å². The van der Waals surface area contributed by atoms with Gasteiger partial charge in [0, 0.05) is 12.2 Å². The molecule has 0 aromatic carbocycles. The predicted octanol–water partition coefficient (Wildman–Crippen LogP) is 3.81. The minimum Gasteiger partial charge on any atom is -0.367 e. The summed E-state index contributed by atoms with van der Waals surface area (Å²) in [6, 6.07) is 6.82. The van der Waals surface area contributed by atoms with E-state index in [9.17, 15) is 0 Å². The van der Waals surface area contributed by atoms with Crippen molar-refractivity contribution in [3.8, 4) is 0 Å². The summed E-state index contributed by atoms with van der Waals surface area (Å²) in [6.45, 7) is 4.42.